The fraction of sp³-hybridized carbons (Fsp3) is 0.167. The number of carbonyl (C=O) groups is 1. The van der Waals surface area contributed by atoms with Crippen molar-refractivity contribution in [3.05, 3.63) is 70.9 Å². The second kappa shape index (κ2) is 7.74. The van der Waals surface area contributed by atoms with Gasteiger partial charge in [0, 0.05) is 5.39 Å². The van der Waals surface area contributed by atoms with E-state index in [1.54, 1.807) is 12.1 Å². The van der Waals surface area contributed by atoms with Gasteiger partial charge in [-0.05, 0) is 23.6 Å². The Morgan fingerprint density at radius 3 is 2.64 bits per heavy atom. The first-order valence-electron chi connectivity index (χ1n) is 7.88. The Balaban J connectivity index is 1.73. The summed E-state index contributed by atoms with van der Waals surface area (Å²) in [7, 11) is -1.69. The molecule has 0 unspecified atom stereocenters. The highest BCUT2D eigenvalue weighted by atomic mass is 35.5. The maximum Gasteiger partial charge on any atom is 0.475 e. The average molecular weight is 358 g/mol. The van der Waals surface area contributed by atoms with Gasteiger partial charge in [0.2, 0.25) is 5.91 Å². The summed E-state index contributed by atoms with van der Waals surface area (Å²) in [5.74, 6) is -1.13. The zero-order chi connectivity index (χ0) is 17.8. The summed E-state index contributed by atoms with van der Waals surface area (Å²) in [6.45, 7) is 0. The lowest BCUT2D eigenvalue weighted by Crippen LogP contribution is -2.48. The van der Waals surface area contributed by atoms with Crippen LogP contribution < -0.4 is 5.32 Å². The van der Waals surface area contributed by atoms with E-state index in [-0.39, 0.29) is 18.7 Å². The van der Waals surface area contributed by atoms with Gasteiger partial charge in [-0.3, -0.25) is 4.79 Å². The summed E-state index contributed by atoms with van der Waals surface area (Å²) >= 11 is 6.08. The largest absolute Gasteiger partial charge is 0.475 e. The van der Waals surface area contributed by atoms with Crippen LogP contribution in [0.1, 0.15) is 11.1 Å². The van der Waals surface area contributed by atoms with Crippen LogP contribution in [0, 0.1) is 0 Å². The minimum Gasteiger partial charge on any atom is -0.462 e. The topological polar surface area (TPSA) is 82.7 Å². The van der Waals surface area contributed by atoms with Crippen molar-refractivity contribution in [1.29, 1.82) is 0 Å². The van der Waals surface area contributed by atoms with E-state index in [2.05, 4.69) is 5.32 Å². The third-order valence-electron chi connectivity index (χ3n) is 3.99. The number of rotatable bonds is 6. The standard InChI is InChI=1S/C18H17BClNO4/c20-15-8-4-7-14-13(11-25-18(14)15)10-16(19(23)24)21-17(22)9-12-5-2-1-3-6-12/h1-8,11,16,23-24H,9-10H2,(H,21,22)/t16-/m0/s1. The molecule has 3 rings (SSSR count). The molecule has 0 spiro atoms. The van der Waals surface area contributed by atoms with Crippen LogP contribution in [0.3, 0.4) is 0 Å². The average Bonchev–Trinajstić information content (AvgIpc) is 2.99. The first-order valence-corrected chi connectivity index (χ1v) is 8.26. The molecule has 0 aliphatic rings. The number of hydrogen-bond acceptors (Lipinski definition) is 4. The lowest BCUT2D eigenvalue weighted by Gasteiger charge is -2.17. The normalized spacial score (nSPS) is 12.1. The molecule has 0 aliphatic carbocycles. The van der Waals surface area contributed by atoms with Crippen LogP contribution in [-0.2, 0) is 17.6 Å². The molecule has 0 saturated carbocycles. The molecule has 3 aromatic rings. The molecule has 0 radical (unpaired) electrons. The highest BCUT2D eigenvalue weighted by molar-refractivity contribution is 6.43. The summed E-state index contributed by atoms with van der Waals surface area (Å²) in [6.07, 6.45) is 1.91. The maximum absolute atomic E-state index is 12.2. The van der Waals surface area contributed by atoms with E-state index in [1.165, 1.54) is 6.26 Å². The Bertz CT molecular complexity index is 866. The van der Waals surface area contributed by atoms with Crippen LogP contribution in [0.15, 0.2) is 59.2 Å². The molecular formula is C18H17BClNO4. The van der Waals surface area contributed by atoms with Gasteiger partial charge in [0.25, 0.3) is 0 Å². The zero-order valence-electron chi connectivity index (χ0n) is 13.4. The van der Waals surface area contributed by atoms with Crippen molar-refractivity contribution in [3.8, 4) is 0 Å². The Morgan fingerprint density at radius 2 is 1.92 bits per heavy atom. The quantitative estimate of drug-likeness (QED) is 0.592. The fourth-order valence-corrected chi connectivity index (χ4v) is 2.96. The lowest BCUT2D eigenvalue weighted by molar-refractivity contribution is -0.120. The second-order valence-electron chi connectivity index (χ2n) is 5.83. The van der Waals surface area contributed by atoms with Crippen molar-refractivity contribution in [2.75, 3.05) is 0 Å². The van der Waals surface area contributed by atoms with Crippen LogP contribution in [0.25, 0.3) is 11.0 Å². The van der Waals surface area contributed by atoms with Crippen molar-refractivity contribution < 1.29 is 19.3 Å². The molecule has 7 heteroatoms. The number of hydrogen-bond donors (Lipinski definition) is 3. The smallest absolute Gasteiger partial charge is 0.462 e. The Kier molecular flexibility index (Phi) is 5.43. The van der Waals surface area contributed by atoms with E-state index in [0.29, 0.717) is 10.6 Å². The number of furan rings is 1. The number of benzene rings is 2. The summed E-state index contributed by atoms with van der Waals surface area (Å²) in [5.41, 5.74) is 2.14. The van der Waals surface area contributed by atoms with E-state index < -0.39 is 13.1 Å². The number of halogens is 1. The molecule has 128 valence electrons. The van der Waals surface area contributed by atoms with Crippen molar-refractivity contribution in [2.45, 2.75) is 18.8 Å². The molecule has 0 saturated heterocycles. The molecule has 0 bridgehead atoms. The fourth-order valence-electron chi connectivity index (χ4n) is 2.74. The molecule has 1 aromatic heterocycles. The zero-order valence-corrected chi connectivity index (χ0v) is 14.1. The number of para-hydroxylation sites is 1. The predicted octanol–water partition coefficient (Wildman–Crippen LogP) is 2.37. The number of nitrogens with one attached hydrogen (secondary N) is 1. The van der Waals surface area contributed by atoms with Gasteiger partial charge >= 0.3 is 7.12 Å². The molecule has 5 nitrogen and oxygen atoms in total. The van der Waals surface area contributed by atoms with Gasteiger partial charge in [-0.1, -0.05) is 54.1 Å². The first-order chi connectivity index (χ1) is 12.0. The highest BCUT2D eigenvalue weighted by Gasteiger charge is 2.27. The van der Waals surface area contributed by atoms with Gasteiger partial charge in [0.05, 0.1) is 23.6 Å². The van der Waals surface area contributed by atoms with Crippen molar-refractivity contribution in [2.24, 2.45) is 0 Å². The van der Waals surface area contributed by atoms with Gasteiger partial charge < -0.3 is 19.8 Å². The number of amides is 1. The Labute approximate surface area is 150 Å². The lowest BCUT2D eigenvalue weighted by atomic mass is 9.75. The van der Waals surface area contributed by atoms with Crippen LogP contribution in [0.5, 0.6) is 0 Å². The third kappa shape index (κ3) is 4.23. The van der Waals surface area contributed by atoms with Crippen molar-refractivity contribution >= 4 is 35.6 Å². The van der Waals surface area contributed by atoms with Gasteiger partial charge in [0.15, 0.2) is 5.58 Å². The molecule has 0 aliphatic heterocycles. The van der Waals surface area contributed by atoms with Gasteiger partial charge in [-0.25, -0.2) is 0 Å². The molecule has 1 atom stereocenters. The van der Waals surface area contributed by atoms with Crippen LogP contribution >= 0.6 is 11.6 Å². The predicted molar refractivity (Wildman–Crippen MR) is 97.2 cm³/mol. The van der Waals surface area contributed by atoms with Crippen molar-refractivity contribution in [3.63, 3.8) is 0 Å². The van der Waals surface area contributed by atoms with Crippen LogP contribution in [0.2, 0.25) is 5.02 Å². The molecule has 1 amide bonds. The van der Waals surface area contributed by atoms with E-state index >= 15 is 0 Å². The van der Waals surface area contributed by atoms with Gasteiger partial charge in [-0.2, -0.15) is 0 Å². The van der Waals surface area contributed by atoms with Gasteiger partial charge in [-0.15, -0.1) is 0 Å². The number of carbonyl (C=O) groups excluding carboxylic acids is 1. The van der Waals surface area contributed by atoms with Crippen LogP contribution in [0.4, 0.5) is 0 Å². The maximum atomic E-state index is 12.2. The molecule has 1 heterocycles. The molecular weight excluding hydrogens is 340 g/mol. The first kappa shape index (κ1) is 17.5. The SMILES string of the molecule is O=C(Cc1ccccc1)N[C@@H](Cc1coc2c(Cl)cccc12)B(O)O. The molecule has 0 fully saturated rings. The van der Waals surface area contributed by atoms with E-state index in [4.69, 9.17) is 16.0 Å². The molecule has 2 aromatic carbocycles. The minimum absolute atomic E-state index is 0.169. The number of fused-ring (bicyclic) bond motifs is 1. The summed E-state index contributed by atoms with van der Waals surface area (Å²) in [5, 5.41) is 23.2. The second-order valence-corrected chi connectivity index (χ2v) is 6.24. The minimum atomic E-state index is -1.69. The Hall–Kier alpha value is -2.28. The van der Waals surface area contributed by atoms with Crippen LogP contribution in [-0.4, -0.2) is 29.0 Å². The third-order valence-corrected chi connectivity index (χ3v) is 4.28. The summed E-state index contributed by atoms with van der Waals surface area (Å²) < 4.78 is 5.45. The van der Waals surface area contributed by atoms with E-state index in [9.17, 15) is 14.8 Å². The highest BCUT2D eigenvalue weighted by Crippen LogP contribution is 2.28. The van der Waals surface area contributed by atoms with Crippen molar-refractivity contribution in [1.82, 2.24) is 5.32 Å². The summed E-state index contributed by atoms with van der Waals surface area (Å²) in [6, 6.07) is 14.6. The molecule has 3 N–H and O–H groups in total. The van der Waals surface area contributed by atoms with Gasteiger partial charge in [0.1, 0.15) is 0 Å². The van der Waals surface area contributed by atoms with E-state index in [1.807, 2.05) is 36.4 Å². The molecule has 25 heavy (non-hydrogen) atoms. The Morgan fingerprint density at radius 1 is 1.16 bits per heavy atom. The summed E-state index contributed by atoms with van der Waals surface area (Å²) in [4.78, 5) is 12.2. The van der Waals surface area contributed by atoms with E-state index in [0.717, 1.165) is 16.5 Å². The monoisotopic (exact) mass is 357 g/mol.